The number of aliphatic hydroxyl groups is 1. The van der Waals surface area contributed by atoms with Crippen LogP contribution in [0.15, 0.2) is 61.2 Å². The van der Waals surface area contributed by atoms with Gasteiger partial charge in [0.05, 0.1) is 17.3 Å². The summed E-state index contributed by atoms with van der Waals surface area (Å²) in [6.07, 6.45) is 7.10. The molecule has 0 aliphatic heterocycles. The third kappa shape index (κ3) is 4.10. The number of nitrogens with one attached hydrogen (secondary N) is 1. The van der Waals surface area contributed by atoms with Crippen molar-refractivity contribution in [3.63, 3.8) is 0 Å². The fourth-order valence-corrected chi connectivity index (χ4v) is 3.38. The van der Waals surface area contributed by atoms with Gasteiger partial charge in [0.15, 0.2) is 17.3 Å². The summed E-state index contributed by atoms with van der Waals surface area (Å²) in [5.74, 6) is 1.97. The van der Waals surface area contributed by atoms with Gasteiger partial charge in [0, 0.05) is 35.9 Å². The number of nitrogens with zero attached hydrogens (tertiary/aromatic N) is 6. The van der Waals surface area contributed by atoms with Gasteiger partial charge in [-0.2, -0.15) is 5.10 Å². The summed E-state index contributed by atoms with van der Waals surface area (Å²) < 4.78 is 9.38. The predicted octanol–water partition coefficient (Wildman–Crippen LogP) is 3.64. The second-order valence-electron chi connectivity index (χ2n) is 8.31. The van der Waals surface area contributed by atoms with Crippen LogP contribution in [-0.4, -0.2) is 46.5 Å². The molecule has 0 saturated heterocycles. The van der Waals surface area contributed by atoms with Gasteiger partial charge in [-0.05, 0) is 56.7 Å². The smallest absolute Gasteiger partial charge is 0.154 e. The first-order valence-corrected chi connectivity index (χ1v) is 10.2. The summed E-state index contributed by atoms with van der Waals surface area (Å²) in [4.78, 5) is 8.55. The lowest BCUT2D eigenvalue weighted by atomic mass is 10.1. The average Bonchev–Trinajstić information content (AvgIpc) is 3.37. The molecule has 0 fully saturated rings. The first-order valence-electron chi connectivity index (χ1n) is 10.2. The summed E-state index contributed by atoms with van der Waals surface area (Å²) in [6.45, 7) is 5.52. The predicted molar refractivity (Wildman–Crippen MR) is 121 cm³/mol. The number of hydrogen-bond acceptors (Lipinski definition) is 7. The van der Waals surface area contributed by atoms with Gasteiger partial charge in [-0.15, -0.1) is 5.10 Å². The highest BCUT2D eigenvalue weighted by atomic mass is 16.5. The summed E-state index contributed by atoms with van der Waals surface area (Å²) in [6, 6.07) is 11.7. The lowest BCUT2D eigenvalue weighted by Gasteiger charge is -2.19. The van der Waals surface area contributed by atoms with Crippen molar-refractivity contribution in [2.24, 2.45) is 0 Å². The largest absolute Gasteiger partial charge is 0.488 e. The molecule has 9 nitrogen and oxygen atoms in total. The summed E-state index contributed by atoms with van der Waals surface area (Å²) in [5.41, 5.74) is 3.52. The maximum atomic E-state index is 10.0. The second kappa shape index (κ2) is 7.61. The highest BCUT2D eigenvalue weighted by Gasteiger charge is 2.16. The topological polar surface area (TPSA) is 102 Å². The van der Waals surface area contributed by atoms with E-state index in [2.05, 4.69) is 25.5 Å². The number of imidazole rings is 1. The van der Waals surface area contributed by atoms with Gasteiger partial charge in [-0.1, -0.05) is 0 Å². The van der Waals surface area contributed by atoms with Gasteiger partial charge >= 0.3 is 0 Å². The van der Waals surface area contributed by atoms with Crippen LogP contribution < -0.4 is 10.1 Å². The molecule has 0 atom stereocenters. The summed E-state index contributed by atoms with van der Waals surface area (Å²) in [5, 5.41) is 22.3. The van der Waals surface area contributed by atoms with Gasteiger partial charge in [-0.3, -0.25) is 4.98 Å². The van der Waals surface area contributed by atoms with E-state index >= 15 is 0 Å². The Morgan fingerprint density at radius 1 is 1.00 bits per heavy atom. The highest BCUT2D eigenvalue weighted by Crippen LogP contribution is 2.32. The minimum absolute atomic E-state index is 0.169. The van der Waals surface area contributed by atoms with Crippen molar-refractivity contribution in [3.05, 3.63) is 66.9 Å². The van der Waals surface area contributed by atoms with Crippen LogP contribution in [0, 0.1) is 6.92 Å². The quantitative estimate of drug-likeness (QED) is 0.425. The van der Waals surface area contributed by atoms with Crippen molar-refractivity contribution in [3.8, 4) is 16.9 Å². The van der Waals surface area contributed by atoms with Gasteiger partial charge in [-0.25, -0.2) is 14.0 Å². The Kier molecular flexibility index (Phi) is 4.75. The third-order valence-electron chi connectivity index (χ3n) is 4.87. The Labute approximate surface area is 184 Å². The van der Waals surface area contributed by atoms with Crippen molar-refractivity contribution < 1.29 is 9.84 Å². The molecule has 5 rings (SSSR count). The number of aromatic nitrogens is 6. The number of hydrogen-bond donors (Lipinski definition) is 2. The van der Waals surface area contributed by atoms with Crippen molar-refractivity contribution in [1.82, 2.24) is 29.2 Å². The molecule has 0 saturated carbocycles. The molecule has 0 spiro atoms. The van der Waals surface area contributed by atoms with E-state index in [1.807, 2.05) is 49.5 Å². The lowest BCUT2D eigenvalue weighted by Crippen LogP contribution is -2.28. The van der Waals surface area contributed by atoms with E-state index in [0.29, 0.717) is 17.4 Å². The fourth-order valence-electron chi connectivity index (χ4n) is 3.38. The minimum Gasteiger partial charge on any atom is -0.488 e. The van der Waals surface area contributed by atoms with Gasteiger partial charge in [0.25, 0.3) is 0 Å². The first-order chi connectivity index (χ1) is 15.3. The lowest BCUT2D eigenvalue weighted by molar-refractivity contribution is 0.0286. The number of ether oxygens (including phenoxy) is 1. The molecule has 0 bridgehead atoms. The first kappa shape index (κ1) is 20.0. The van der Waals surface area contributed by atoms with E-state index in [0.717, 1.165) is 28.0 Å². The molecule has 32 heavy (non-hydrogen) atoms. The van der Waals surface area contributed by atoms with Crippen LogP contribution in [0.25, 0.3) is 22.3 Å². The molecule has 0 aliphatic carbocycles. The molecule has 5 aromatic heterocycles. The van der Waals surface area contributed by atoms with E-state index in [-0.39, 0.29) is 6.61 Å². The molecule has 0 unspecified atom stereocenters. The average molecular weight is 429 g/mol. The van der Waals surface area contributed by atoms with Gasteiger partial charge < -0.3 is 15.2 Å². The van der Waals surface area contributed by atoms with E-state index in [1.165, 1.54) is 0 Å². The SMILES string of the molecule is Cc1cc(-c2ccn3nc(Nc4ccc5nccn5n4)cc3c2)c(OCC(C)(C)O)cn1. The van der Waals surface area contributed by atoms with Gasteiger partial charge in [0.1, 0.15) is 12.4 Å². The van der Waals surface area contributed by atoms with Crippen LogP contribution in [0.3, 0.4) is 0 Å². The Morgan fingerprint density at radius 2 is 1.84 bits per heavy atom. The van der Waals surface area contributed by atoms with Crippen LogP contribution in [0.4, 0.5) is 11.6 Å². The standard InChI is InChI=1S/C23H23N7O2/c1-15-10-18(19(13-25-15)32-14-23(2,3)31)16-6-8-29-17(11-16)12-21(28-29)26-20-4-5-22-24-7-9-30(22)27-20/h4-13,31H,14H2,1-3H3,(H,26,27,28). The monoisotopic (exact) mass is 429 g/mol. The number of anilines is 2. The van der Waals surface area contributed by atoms with E-state index < -0.39 is 5.60 Å². The number of fused-ring (bicyclic) bond motifs is 2. The van der Waals surface area contributed by atoms with Crippen molar-refractivity contribution in [2.45, 2.75) is 26.4 Å². The number of pyridine rings is 2. The minimum atomic E-state index is -0.939. The molecular weight excluding hydrogens is 406 g/mol. The second-order valence-corrected chi connectivity index (χ2v) is 8.31. The molecule has 0 aromatic carbocycles. The molecule has 162 valence electrons. The maximum absolute atomic E-state index is 10.0. The fraction of sp³-hybridized carbons (Fsp3) is 0.217. The van der Waals surface area contributed by atoms with Crippen LogP contribution in [0.1, 0.15) is 19.5 Å². The highest BCUT2D eigenvalue weighted by molar-refractivity contribution is 5.75. The summed E-state index contributed by atoms with van der Waals surface area (Å²) in [7, 11) is 0. The van der Waals surface area contributed by atoms with Gasteiger partial charge in [0.2, 0.25) is 0 Å². The molecule has 0 amide bonds. The number of rotatable bonds is 6. The molecule has 9 heteroatoms. The van der Waals surface area contributed by atoms with Crippen LogP contribution >= 0.6 is 0 Å². The molecule has 0 radical (unpaired) electrons. The molecular formula is C23H23N7O2. The third-order valence-corrected chi connectivity index (χ3v) is 4.87. The number of aryl methyl sites for hydroxylation is 1. The Balaban J connectivity index is 1.45. The van der Waals surface area contributed by atoms with E-state index in [9.17, 15) is 5.11 Å². The summed E-state index contributed by atoms with van der Waals surface area (Å²) >= 11 is 0. The van der Waals surface area contributed by atoms with E-state index in [4.69, 9.17) is 4.74 Å². The zero-order valence-corrected chi connectivity index (χ0v) is 18.0. The Hall–Kier alpha value is -3.98. The molecule has 0 aliphatic rings. The van der Waals surface area contributed by atoms with Crippen molar-refractivity contribution in [2.75, 3.05) is 11.9 Å². The molecule has 5 aromatic rings. The van der Waals surface area contributed by atoms with Crippen LogP contribution in [0.5, 0.6) is 5.75 Å². The zero-order valence-electron chi connectivity index (χ0n) is 18.0. The van der Waals surface area contributed by atoms with E-state index in [1.54, 1.807) is 41.5 Å². The van der Waals surface area contributed by atoms with Crippen LogP contribution in [0.2, 0.25) is 0 Å². The zero-order chi connectivity index (χ0) is 22.3. The Morgan fingerprint density at radius 3 is 2.69 bits per heavy atom. The molecule has 2 N–H and O–H groups in total. The maximum Gasteiger partial charge on any atom is 0.154 e. The normalized spacial score (nSPS) is 11.9. The van der Waals surface area contributed by atoms with Crippen molar-refractivity contribution >= 4 is 22.8 Å². The van der Waals surface area contributed by atoms with Crippen molar-refractivity contribution in [1.29, 1.82) is 0 Å². The van der Waals surface area contributed by atoms with Crippen LogP contribution in [-0.2, 0) is 0 Å². The Bertz CT molecular complexity index is 1420. The molecule has 5 heterocycles.